The molecule has 10 heavy (non-hydrogen) atoms. The van der Waals surface area contributed by atoms with Gasteiger partial charge in [-0.3, -0.25) is 5.01 Å². The number of rotatable bonds is 1. The first-order valence-electron chi connectivity index (χ1n) is 3.40. The van der Waals surface area contributed by atoms with Crippen molar-refractivity contribution in [2.45, 2.75) is 19.9 Å². The Morgan fingerprint density at radius 2 is 2.30 bits per heavy atom. The van der Waals surface area contributed by atoms with Gasteiger partial charge in [0, 0.05) is 12.8 Å². The first-order valence-corrected chi connectivity index (χ1v) is 3.40. The highest BCUT2D eigenvalue weighted by atomic mass is 16.1. The van der Waals surface area contributed by atoms with Crippen molar-refractivity contribution in [3.63, 3.8) is 0 Å². The molecule has 0 amide bonds. The van der Waals surface area contributed by atoms with E-state index < -0.39 is 0 Å². The largest absolute Gasteiger partial charge is 0.303 e. The van der Waals surface area contributed by atoms with E-state index >= 15 is 0 Å². The van der Waals surface area contributed by atoms with Crippen molar-refractivity contribution < 1.29 is 4.79 Å². The highest BCUT2D eigenvalue weighted by Gasteiger charge is 2.28. The van der Waals surface area contributed by atoms with Crippen LogP contribution in [0.3, 0.4) is 0 Å². The first-order chi connectivity index (χ1) is 4.66. The summed E-state index contributed by atoms with van der Waals surface area (Å²) < 4.78 is 0. The van der Waals surface area contributed by atoms with Gasteiger partial charge in [-0.15, -0.1) is 0 Å². The van der Waals surface area contributed by atoms with Crippen molar-refractivity contribution in [2.24, 2.45) is 11.0 Å². The molecule has 0 spiro atoms. The molecule has 0 bridgehead atoms. The number of carbonyl (C=O) groups is 1. The average Bonchev–Trinajstić information content (AvgIpc) is 2.09. The fraction of sp³-hybridized carbons (Fsp3) is 0.714. The summed E-state index contributed by atoms with van der Waals surface area (Å²) in [5, 5.41) is 5.97. The molecular weight excluding hydrogens is 128 g/mol. The minimum absolute atomic E-state index is 0.00463. The van der Waals surface area contributed by atoms with E-state index in [9.17, 15) is 4.79 Å². The number of hydrogen-bond donors (Lipinski definition) is 0. The zero-order valence-electron chi connectivity index (χ0n) is 6.53. The summed E-state index contributed by atoms with van der Waals surface area (Å²) in [5.41, 5.74) is 0.921. The van der Waals surface area contributed by atoms with Crippen molar-refractivity contribution in [1.82, 2.24) is 5.01 Å². The molecule has 0 aromatic rings. The average molecular weight is 140 g/mol. The Bertz CT molecular complexity index is 176. The summed E-state index contributed by atoms with van der Waals surface area (Å²) in [6, 6.07) is 0.234. The third kappa shape index (κ3) is 0.916. The van der Waals surface area contributed by atoms with E-state index in [1.54, 1.807) is 0 Å². The van der Waals surface area contributed by atoms with E-state index in [-0.39, 0.29) is 12.0 Å². The van der Waals surface area contributed by atoms with Crippen LogP contribution in [0.25, 0.3) is 0 Å². The lowest BCUT2D eigenvalue weighted by atomic mass is 10.0. The molecule has 0 saturated carbocycles. The summed E-state index contributed by atoms with van der Waals surface area (Å²) in [5.74, 6) is 0.00463. The van der Waals surface area contributed by atoms with Crippen LogP contribution in [0.4, 0.5) is 0 Å². The lowest BCUT2D eigenvalue weighted by Gasteiger charge is -2.15. The van der Waals surface area contributed by atoms with Crippen LogP contribution in [0.15, 0.2) is 5.10 Å². The molecule has 1 aliphatic heterocycles. The quantitative estimate of drug-likeness (QED) is 0.497. The van der Waals surface area contributed by atoms with Crippen molar-refractivity contribution >= 4 is 12.0 Å². The molecule has 3 nitrogen and oxygen atoms in total. The summed E-state index contributed by atoms with van der Waals surface area (Å²) in [6.07, 6.45) is 0.965. The monoisotopic (exact) mass is 140 g/mol. The van der Waals surface area contributed by atoms with E-state index in [1.807, 2.05) is 25.9 Å². The van der Waals surface area contributed by atoms with Gasteiger partial charge in [-0.05, 0) is 13.8 Å². The van der Waals surface area contributed by atoms with Crippen LogP contribution >= 0.6 is 0 Å². The van der Waals surface area contributed by atoms with E-state index in [4.69, 9.17) is 0 Å². The number of aldehydes is 1. The molecule has 56 valence electrons. The van der Waals surface area contributed by atoms with Crippen LogP contribution < -0.4 is 0 Å². The number of nitrogens with zero attached hydrogens (tertiary/aromatic N) is 2. The maximum Gasteiger partial charge on any atom is 0.130 e. The normalized spacial score (nSPS) is 32.3. The highest BCUT2D eigenvalue weighted by Crippen LogP contribution is 2.17. The minimum Gasteiger partial charge on any atom is -0.303 e. The molecule has 1 aliphatic rings. The van der Waals surface area contributed by atoms with Crippen LogP contribution in [0, 0.1) is 5.92 Å². The summed E-state index contributed by atoms with van der Waals surface area (Å²) >= 11 is 0. The Morgan fingerprint density at radius 3 is 2.50 bits per heavy atom. The summed E-state index contributed by atoms with van der Waals surface area (Å²) in [4.78, 5) is 10.5. The van der Waals surface area contributed by atoms with Crippen LogP contribution in [-0.2, 0) is 4.79 Å². The molecular formula is C7H12N2O. The molecule has 0 fully saturated rings. The lowest BCUT2D eigenvalue weighted by molar-refractivity contribution is -0.110. The molecule has 0 aromatic heterocycles. The van der Waals surface area contributed by atoms with Gasteiger partial charge in [-0.2, -0.15) is 5.10 Å². The van der Waals surface area contributed by atoms with Crippen molar-refractivity contribution in [3.8, 4) is 0 Å². The number of hydrogen-bond acceptors (Lipinski definition) is 3. The van der Waals surface area contributed by atoms with Gasteiger partial charge in [0.05, 0.1) is 12.0 Å². The first kappa shape index (κ1) is 7.25. The maximum atomic E-state index is 10.5. The topological polar surface area (TPSA) is 32.7 Å². The Labute approximate surface area is 60.7 Å². The van der Waals surface area contributed by atoms with Gasteiger partial charge in [0.25, 0.3) is 0 Å². The van der Waals surface area contributed by atoms with Gasteiger partial charge in [-0.25, -0.2) is 0 Å². The van der Waals surface area contributed by atoms with E-state index in [1.165, 1.54) is 0 Å². The predicted octanol–water partition coefficient (Wildman–Crippen LogP) is 0.511. The van der Waals surface area contributed by atoms with Gasteiger partial charge in [0.2, 0.25) is 0 Å². The Balaban J connectivity index is 2.77. The Morgan fingerprint density at radius 1 is 1.70 bits per heavy atom. The van der Waals surface area contributed by atoms with Crippen molar-refractivity contribution in [3.05, 3.63) is 0 Å². The summed E-state index contributed by atoms with van der Waals surface area (Å²) in [7, 11) is 1.89. The maximum absolute atomic E-state index is 10.5. The zero-order chi connectivity index (χ0) is 7.72. The molecule has 2 atom stereocenters. The van der Waals surface area contributed by atoms with Crippen molar-refractivity contribution in [2.75, 3.05) is 7.05 Å². The predicted molar refractivity (Wildman–Crippen MR) is 39.9 cm³/mol. The van der Waals surface area contributed by atoms with Gasteiger partial charge in [-0.1, -0.05) is 0 Å². The van der Waals surface area contributed by atoms with E-state index in [0.717, 1.165) is 12.0 Å². The second kappa shape index (κ2) is 2.40. The van der Waals surface area contributed by atoms with Crippen molar-refractivity contribution in [1.29, 1.82) is 0 Å². The summed E-state index contributed by atoms with van der Waals surface area (Å²) in [6.45, 7) is 3.89. The van der Waals surface area contributed by atoms with E-state index in [2.05, 4.69) is 5.10 Å². The van der Waals surface area contributed by atoms with Crippen LogP contribution in [-0.4, -0.2) is 30.1 Å². The van der Waals surface area contributed by atoms with Crippen LogP contribution in [0.2, 0.25) is 0 Å². The SMILES string of the molecule is CC1=NN(C)C(C)C1C=O. The molecule has 0 saturated heterocycles. The molecule has 0 aliphatic carbocycles. The second-order valence-corrected chi connectivity index (χ2v) is 2.72. The third-order valence-electron chi connectivity index (χ3n) is 2.05. The van der Waals surface area contributed by atoms with E-state index in [0.29, 0.717) is 0 Å². The molecule has 2 unspecified atom stereocenters. The molecule has 1 rings (SSSR count). The fourth-order valence-corrected chi connectivity index (χ4v) is 1.20. The van der Waals surface area contributed by atoms with Crippen LogP contribution in [0.1, 0.15) is 13.8 Å². The van der Waals surface area contributed by atoms with Gasteiger partial charge < -0.3 is 4.79 Å². The Hall–Kier alpha value is -0.860. The minimum atomic E-state index is 0.00463. The molecule has 3 heteroatoms. The molecule has 0 N–H and O–H groups in total. The van der Waals surface area contributed by atoms with Gasteiger partial charge in [0.15, 0.2) is 0 Å². The molecule has 0 aromatic carbocycles. The van der Waals surface area contributed by atoms with Gasteiger partial charge in [0.1, 0.15) is 6.29 Å². The Kier molecular flexibility index (Phi) is 1.74. The zero-order valence-corrected chi connectivity index (χ0v) is 6.53. The standard InChI is InChI=1S/C7H12N2O/c1-5-7(4-10)6(2)9(3)8-5/h4,6-7H,1-3H3. The molecule has 1 heterocycles. The smallest absolute Gasteiger partial charge is 0.130 e. The van der Waals surface area contributed by atoms with Crippen LogP contribution in [0.5, 0.6) is 0 Å². The third-order valence-corrected chi connectivity index (χ3v) is 2.05. The second-order valence-electron chi connectivity index (χ2n) is 2.72. The number of carbonyl (C=O) groups excluding carboxylic acids is 1. The van der Waals surface area contributed by atoms with Gasteiger partial charge >= 0.3 is 0 Å². The number of hydrazone groups is 1. The fourth-order valence-electron chi connectivity index (χ4n) is 1.20. The lowest BCUT2D eigenvalue weighted by Crippen LogP contribution is -2.28. The highest BCUT2D eigenvalue weighted by molar-refractivity contribution is 5.97. The molecule has 0 radical (unpaired) electrons.